The van der Waals surface area contributed by atoms with Crippen LogP contribution in [0.5, 0.6) is 0 Å². The van der Waals surface area contributed by atoms with Crippen LogP contribution < -0.4 is 5.32 Å². The van der Waals surface area contributed by atoms with Crippen molar-refractivity contribution in [1.82, 2.24) is 5.32 Å². The fraction of sp³-hybridized carbons (Fsp3) is 1.00. The van der Waals surface area contributed by atoms with Crippen LogP contribution in [-0.4, -0.2) is 24.8 Å². The van der Waals surface area contributed by atoms with Crippen LogP contribution in [0.25, 0.3) is 0 Å². The number of hydrogen-bond acceptors (Lipinski definition) is 2. The Bertz CT molecular complexity index is 274. The molecule has 104 valence electrons. The average molecular weight is 251 g/mol. The number of ether oxygens (including phenoxy) is 1. The summed E-state index contributed by atoms with van der Waals surface area (Å²) in [5.74, 6) is 1.86. The van der Waals surface area contributed by atoms with Crippen LogP contribution in [0.15, 0.2) is 0 Å². The Morgan fingerprint density at radius 2 is 1.94 bits per heavy atom. The molecule has 1 aliphatic heterocycles. The fourth-order valence-corrected chi connectivity index (χ4v) is 4.14. The van der Waals surface area contributed by atoms with Gasteiger partial charge < -0.3 is 10.1 Å². The predicted octanol–water partition coefficient (Wildman–Crippen LogP) is 3.50. The molecule has 2 nitrogen and oxygen atoms in total. The Balaban J connectivity index is 1.44. The average Bonchev–Trinajstić information content (AvgIpc) is 2.36. The fourth-order valence-electron chi connectivity index (χ4n) is 4.14. The molecule has 1 heterocycles. The molecule has 0 bridgehead atoms. The largest absolute Gasteiger partial charge is 0.375 e. The van der Waals surface area contributed by atoms with E-state index in [0.29, 0.717) is 5.60 Å². The van der Waals surface area contributed by atoms with Crippen LogP contribution in [-0.2, 0) is 4.74 Å². The molecule has 0 aromatic carbocycles. The summed E-state index contributed by atoms with van der Waals surface area (Å²) in [6.07, 6.45) is 12.3. The molecule has 3 rings (SSSR count). The third-order valence-electron chi connectivity index (χ3n) is 5.72. The highest BCUT2D eigenvalue weighted by atomic mass is 16.5. The maximum Gasteiger partial charge on any atom is 0.0697 e. The summed E-state index contributed by atoms with van der Waals surface area (Å²) in [5.41, 5.74) is 0.300. The van der Waals surface area contributed by atoms with Gasteiger partial charge in [-0.2, -0.15) is 0 Å². The van der Waals surface area contributed by atoms with Crippen LogP contribution in [0.1, 0.15) is 64.7 Å². The van der Waals surface area contributed by atoms with E-state index in [0.717, 1.165) is 24.5 Å². The zero-order valence-corrected chi connectivity index (χ0v) is 11.9. The van der Waals surface area contributed by atoms with Crippen LogP contribution in [0.4, 0.5) is 0 Å². The Kier molecular flexibility index (Phi) is 3.95. The van der Waals surface area contributed by atoms with E-state index >= 15 is 0 Å². The van der Waals surface area contributed by atoms with Crippen molar-refractivity contribution in [3.05, 3.63) is 0 Å². The minimum absolute atomic E-state index is 0.300. The topological polar surface area (TPSA) is 21.3 Å². The first-order chi connectivity index (χ1) is 8.77. The van der Waals surface area contributed by atoms with E-state index in [2.05, 4.69) is 12.2 Å². The molecule has 2 aliphatic carbocycles. The summed E-state index contributed by atoms with van der Waals surface area (Å²) in [4.78, 5) is 0. The molecule has 3 atom stereocenters. The molecule has 0 radical (unpaired) electrons. The summed E-state index contributed by atoms with van der Waals surface area (Å²) in [7, 11) is 0. The highest BCUT2D eigenvalue weighted by molar-refractivity contribution is 4.96. The molecule has 3 unspecified atom stereocenters. The van der Waals surface area contributed by atoms with Gasteiger partial charge in [0.2, 0.25) is 0 Å². The molecule has 2 saturated carbocycles. The summed E-state index contributed by atoms with van der Waals surface area (Å²) in [5, 5.41) is 3.87. The Morgan fingerprint density at radius 3 is 2.67 bits per heavy atom. The van der Waals surface area contributed by atoms with Crippen molar-refractivity contribution in [2.24, 2.45) is 11.8 Å². The van der Waals surface area contributed by atoms with Crippen LogP contribution in [0.2, 0.25) is 0 Å². The highest BCUT2D eigenvalue weighted by Crippen LogP contribution is 2.42. The Labute approximate surface area is 112 Å². The van der Waals surface area contributed by atoms with Gasteiger partial charge in [0.05, 0.1) is 5.60 Å². The summed E-state index contributed by atoms with van der Waals surface area (Å²) >= 11 is 0. The maximum atomic E-state index is 6.00. The van der Waals surface area contributed by atoms with Crippen molar-refractivity contribution in [2.75, 3.05) is 13.2 Å². The van der Waals surface area contributed by atoms with Crippen molar-refractivity contribution >= 4 is 0 Å². The lowest BCUT2D eigenvalue weighted by Gasteiger charge is -2.47. The zero-order valence-electron chi connectivity index (χ0n) is 11.9. The van der Waals surface area contributed by atoms with E-state index in [1.165, 1.54) is 64.3 Å². The van der Waals surface area contributed by atoms with Crippen molar-refractivity contribution in [2.45, 2.75) is 76.4 Å². The minimum Gasteiger partial charge on any atom is -0.375 e. The molecule has 1 spiro atoms. The van der Waals surface area contributed by atoms with Gasteiger partial charge in [0, 0.05) is 12.6 Å². The molecule has 3 aliphatic rings. The normalized spacial score (nSPS) is 39.5. The van der Waals surface area contributed by atoms with Gasteiger partial charge in [-0.25, -0.2) is 0 Å². The lowest BCUT2D eigenvalue weighted by atomic mass is 9.73. The minimum atomic E-state index is 0.300. The van der Waals surface area contributed by atoms with E-state index in [1.807, 2.05) is 0 Å². The van der Waals surface area contributed by atoms with Gasteiger partial charge in [-0.3, -0.25) is 0 Å². The van der Waals surface area contributed by atoms with Crippen molar-refractivity contribution < 1.29 is 4.74 Å². The van der Waals surface area contributed by atoms with E-state index in [9.17, 15) is 0 Å². The van der Waals surface area contributed by atoms with Gasteiger partial charge in [-0.15, -0.1) is 0 Å². The summed E-state index contributed by atoms with van der Waals surface area (Å²) in [6, 6.07) is 0.730. The third-order valence-corrected chi connectivity index (χ3v) is 5.72. The summed E-state index contributed by atoms with van der Waals surface area (Å²) < 4.78 is 6.00. The molecule has 0 aromatic heterocycles. The molecular formula is C16H29NO. The van der Waals surface area contributed by atoms with Gasteiger partial charge in [0.15, 0.2) is 0 Å². The van der Waals surface area contributed by atoms with Crippen LogP contribution >= 0.6 is 0 Å². The smallest absolute Gasteiger partial charge is 0.0697 e. The Hall–Kier alpha value is -0.0800. The van der Waals surface area contributed by atoms with Crippen molar-refractivity contribution in [3.63, 3.8) is 0 Å². The van der Waals surface area contributed by atoms with Crippen LogP contribution in [0.3, 0.4) is 0 Å². The predicted molar refractivity (Wildman–Crippen MR) is 74.7 cm³/mol. The highest BCUT2D eigenvalue weighted by Gasteiger charge is 2.42. The van der Waals surface area contributed by atoms with Gasteiger partial charge >= 0.3 is 0 Å². The molecule has 1 N–H and O–H groups in total. The molecular weight excluding hydrogens is 222 g/mol. The second kappa shape index (κ2) is 5.50. The van der Waals surface area contributed by atoms with Gasteiger partial charge in [0.25, 0.3) is 0 Å². The molecule has 18 heavy (non-hydrogen) atoms. The van der Waals surface area contributed by atoms with Gasteiger partial charge in [-0.05, 0) is 56.9 Å². The number of nitrogens with one attached hydrogen (secondary N) is 1. The monoisotopic (exact) mass is 251 g/mol. The molecule has 2 heteroatoms. The number of rotatable bonds is 3. The molecule has 1 saturated heterocycles. The molecule has 0 amide bonds. The summed E-state index contributed by atoms with van der Waals surface area (Å²) in [6.45, 7) is 4.68. The maximum absolute atomic E-state index is 6.00. The number of hydrogen-bond donors (Lipinski definition) is 1. The first-order valence-corrected chi connectivity index (χ1v) is 8.15. The van der Waals surface area contributed by atoms with E-state index in [1.54, 1.807) is 0 Å². The first-order valence-electron chi connectivity index (χ1n) is 8.15. The van der Waals surface area contributed by atoms with Gasteiger partial charge in [-0.1, -0.05) is 26.2 Å². The molecule has 3 fully saturated rings. The second-order valence-electron chi connectivity index (χ2n) is 7.00. The quantitative estimate of drug-likeness (QED) is 0.829. The first kappa shape index (κ1) is 12.9. The van der Waals surface area contributed by atoms with E-state index in [-0.39, 0.29) is 0 Å². The van der Waals surface area contributed by atoms with Crippen molar-refractivity contribution in [1.29, 1.82) is 0 Å². The standard InChI is InChI=1S/C16H29NO/c1-13-5-2-3-6-14(13)12-17-15-7-10-18-16(11-15)8-4-9-16/h13-15,17H,2-12H2,1H3. The van der Waals surface area contributed by atoms with E-state index in [4.69, 9.17) is 4.74 Å². The molecule has 0 aromatic rings. The van der Waals surface area contributed by atoms with Gasteiger partial charge in [0.1, 0.15) is 0 Å². The lowest BCUT2D eigenvalue weighted by molar-refractivity contribution is -0.135. The SMILES string of the molecule is CC1CCCCC1CNC1CCOC2(CCC2)C1. The van der Waals surface area contributed by atoms with Crippen LogP contribution in [0, 0.1) is 11.8 Å². The zero-order chi connectivity index (χ0) is 12.4. The lowest BCUT2D eigenvalue weighted by Crippen LogP contribution is -2.51. The third kappa shape index (κ3) is 2.75. The van der Waals surface area contributed by atoms with Crippen molar-refractivity contribution in [3.8, 4) is 0 Å². The Morgan fingerprint density at radius 1 is 1.11 bits per heavy atom. The van der Waals surface area contributed by atoms with E-state index < -0.39 is 0 Å². The second-order valence-corrected chi connectivity index (χ2v) is 7.00.